The van der Waals surface area contributed by atoms with E-state index in [0.29, 0.717) is 0 Å². The van der Waals surface area contributed by atoms with Gasteiger partial charge in [-0.1, -0.05) is 53.8 Å². The topological polar surface area (TPSA) is 37.3 Å². The molecule has 0 unspecified atom stereocenters. The highest BCUT2D eigenvalue weighted by atomic mass is 32.1. The largest absolute Gasteiger partial charge is 0.253 e. The molecule has 2 aromatic carbocycles. The Hall–Kier alpha value is -2.20. The normalized spacial score (nSPS) is 11.2. The minimum atomic E-state index is 0.816. The predicted molar refractivity (Wildman–Crippen MR) is 82.0 cm³/mol. The number of aromatic nitrogens is 1. The molecule has 0 saturated heterocycles. The Balaban J connectivity index is 1.79. The van der Waals surface area contributed by atoms with Gasteiger partial charge in [0.05, 0.1) is 16.4 Å². The predicted octanol–water partition coefficient (Wildman–Crippen LogP) is 4.05. The molecule has 3 aromatic rings. The van der Waals surface area contributed by atoms with Gasteiger partial charge in [0.25, 0.3) is 0 Å². The van der Waals surface area contributed by atoms with E-state index in [9.17, 15) is 0 Å². The molecule has 1 N–H and O–H groups in total. The second kappa shape index (κ2) is 5.20. The molecule has 0 saturated carbocycles. The van der Waals surface area contributed by atoms with Gasteiger partial charge < -0.3 is 0 Å². The maximum atomic E-state index is 4.50. The molecule has 0 aliphatic heterocycles. The van der Waals surface area contributed by atoms with Gasteiger partial charge in [0.15, 0.2) is 0 Å². The van der Waals surface area contributed by atoms with Crippen molar-refractivity contribution in [3.8, 4) is 0 Å². The van der Waals surface area contributed by atoms with Crippen LogP contribution in [-0.4, -0.2) is 11.2 Å². The van der Waals surface area contributed by atoms with Gasteiger partial charge in [0.2, 0.25) is 5.13 Å². The van der Waals surface area contributed by atoms with Gasteiger partial charge in [-0.05, 0) is 24.1 Å². The molecular formula is C15H13N3S. The zero-order valence-corrected chi connectivity index (χ0v) is 11.3. The molecule has 0 radical (unpaired) electrons. The number of anilines is 1. The van der Waals surface area contributed by atoms with E-state index in [-0.39, 0.29) is 0 Å². The maximum absolute atomic E-state index is 4.50. The Kier molecular flexibility index (Phi) is 3.25. The number of hydrogen-bond donors (Lipinski definition) is 1. The monoisotopic (exact) mass is 267 g/mol. The summed E-state index contributed by atoms with van der Waals surface area (Å²) in [7, 11) is 0. The first-order chi connectivity index (χ1) is 9.33. The van der Waals surface area contributed by atoms with Gasteiger partial charge in [0.1, 0.15) is 0 Å². The van der Waals surface area contributed by atoms with E-state index in [1.54, 1.807) is 17.6 Å². The Labute approximate surface area is 115 Å². The molecule has 0 bridgehead atoms. The maximum Gasteiger partial charge on any atom is 0.204 e. The molecule has 4 heteroatoms. The first-order valence-corrected chi connectivity index (χ1v) is 6.85. The van der Waals surface area contributed by atoms with E-state index in [1.807, 2.05) is 42.5 Å². The fourth-order valence-electron chi connectivity index (χ4n) is 1.84. The van der Waals surface area contributed by atoms with Crippen LogP contribution >= 0.6 is 11.3 Å². The summed E-state index contributed by atoms with van der Waals surface area (Å²) in [6, 6.07) is 16.1. The Morgan fingerprint density at radius 3 is 2.74 bits per heavy atom. The van der Waals surface area contributed by atoms with E-state index >= 15 is 0 Å². The van der Waals surface area contributed by atoms with Crippen molar-refractivity contribution in [2.75, 3.05) is 5.43 Å². The van der Waals surface area contributed by atoms with Crippen molar-refractivity contribution in [1.29, 1.82) is 0 Å². The summed E-state index contributed by atoms with van der Waals surface area (Å²) in [4.78, 5) is 4.50. The molecule has 19 heavy (non-hydrogen) atoms. The van der Waals surface area contributed by atoms with Gasteiger partial charge >= 0.3 is 0 Å². The average molecular weight is 267 g/mol. The minimum absolute atomic E-state index is 0.816. The molecule has 0 aliphatic rings. The van der Waals surface area contributed by atoms with E-state index in [2.05, 4.69) is 28.5 Å². The lowest BCUT2D eigenvalue weighted by atomic mass is 10.2. The summed E-state index contributed by atoms with van der Waals surface area (Å²) in [5.41, 5.74) is 6.31. The van der Waals surface area contributed by atoms with Crippen LogP contribution in [0.1, 0.15) is 11.1 Å². The number of hydrogen-bond acceptors (Lipinski definition) is 4. The van der Waals surface area contributed by atoms with Crippen LogP contribution in [0.5, 0.6) is 0 Å². The summed E-state index contributed by atoms with van der Waals surface area (Å²) in [6.45, 7) is 2.09. The molecule has 0 aliphatic carbocycles. The number of nitrogens with zero attached hydrogens (tertiary/aromatic N) is 2. The third-order valence-corrected chi connectivity index (χ3v) is 3.90. The zero-order valence-electron chi connectivity index (χ0n) is 10.5. The van der Waals surface area contributed by atoms with E-state index in [1.165, 1.54) is 10.3 Å². The van der Waals surface area contributed by atoms with Crippen molar-refractivity contribution in [3.05, 3.63) is 59.7 Å². The van der Waals surface area contributed by atoms with Crippen LogP contribution in [0.4, 0.5) is 5.13 Å². The standard InChI is InChI=1S/C15H13N3S/c1-11-6-5-9-13-14(11)19-15(17-13)18-16-10-12-7-3-2-4-8-12/h2-10H,1H3,(H,17,18)/b16-10-. The van der Waals surface area contributed by atoms with Crippen LogP contribution < -0.4 is 5.43 Å². The number of nitrogens with one attached hydrogen (secondary N) is 1. The van der Waals surface area contributed by atoms with Crippen LogP contribution in [0, 0.1) is 6.92 Å². The lowest BCUT2D eigenvalue weighted by molar-refractivity contribution is 1.31. The molecule has 1 aromatic heterocycles. The van der Waals surface area contributed by atoms with E-state index < -0.39 is 0 Å². The molecule has 3 rings (SSSR count). The lowest BCUT2D eigenvalue weighted by Gasteiger charge is -1.93. The summed E-state index contributed by atoms with van der Waals surface area (Å²) in [5, 5.41) is 5.03. The fraction of sp³-hybridized carbons (Fsp3) is 0.0667. The van der Waals surface area contributed by atoms with Gasteiger partial charge in [-0.15, -0.1) is 0 Å². The quantitative estimate of drug-likeness (QED) is 0.574. The number of hydrazone groups is 1. The second-order valence-electron chi connectivity index (χ2n) is 4.22. The third kappa shape index (κ3) is 2.63. The summed E-state index contributed by atoms with van der Waals surface area (Å²) >= 11 is 1.62. The van der Waals surface area contributed by atoms with Crippen LogP contribution in [-0.2, 0) is 0 Å². The van der Waals surface area contributed by atoms with Gasteiger partial charge in [-0.25, -0.2) is 4.98 Å². The highest BCUT2D eigenvalue weighted by Gasteiger charge is 2.04. The Bertz CT molecular complexity index is 717. The number of aryl methyl sites for hydroxylation is 1. The molecule has 0 spiro atoms. The average Bonchev–Trinajstić information content (AvgIpc) is 2.84. The summed E-state index contributed by atoms with van der Waals surface area (Å²) in [6.07, 6.45) is 1.79. The highest BCUT2D eigenvalue weighted by Crippen LogP contribution is 2.28. The van der Waals surface area contributed by atoms with Gasteiger partial charge in [0, 0.05) is 0 Å². The van der Waals surface area contributed by atoms with Gasteiger partial charge in [-0.2, -0.15) is 5.10 Å². The first-order valence-electron chi connectivity index (χ1n) is 6.03. The molecule has 0 amide bonds. The van der Waals surface area contributed by atoms with E-state index in [0.717, 1.165) is 16.2 Å². The smallest absolute Gasteiger partial charge is 0.204 e. The Morgan fingerprint density at radius 1 is 1.11 bits per heavy atom. The second-order valence-corrected chi connectivity index (χ2v) is 5.22. The van der Waals surface area contributed by atoms with Crippen molar-refractivity contribution in [2.24, 2.45) is 5.10 Å². The van der Waals surface area contributed by atoms with Crippen molar-refractivity contribution in [2.45, 2.75) is 6.92 Å². The van der Waals surface area contributed by atoms with Crippen LogP contribution in [0.2, 0.25) is 0 Å². The van der Waals surface area contributed by atoms with Crippen molar-refractivity contribution >= 4 is 32.9 Å². The SMILES string of the molecule is Cc1cccc2nc(N/N=C\c3ccccc3)sc12. The third-order valence-electron chi connectivity index (χ3n) is 2.79. The molecule has 1 heterocycles. The molecule has 94 valence electrons. The fourth-order valence-corrected chi connectivity index (χ4v) is 2.72. The van der Waals surface area contributed by atoms with Crippen molar-refractivity contribution in [1.82, 2.24) is 4.98 Å². The Morgan fingerprint density at radius 2 is 1.95 bits per heavy atom. The molecule has 3 nitrogen and oxygen atoms in total. The van der Waals surface area contributed by atoms with Crippen LogP contribution in [0.15, 0.2) is 53.6 Å². The first kappa shape index (κ1) is 11.9. The number of rotatable bonds is 3. The summed E-state index contributed by atoms with van der Waals surface area (Å²) < 4.78 is 1.21. The molecule has 0 fully saturated rings. The molecular weight excluding hydrogens is 254 g/mol. The number of benzene rings is 2. The molecule has 0 atom stereocenters. The lowest BCUT2D eigenvalue weighted by Crippen LogP contribution is -1.89. The van der Waals surface area contributed by atoms with Gasteiger partial charge in [-0.3, -0.25) is 5.43 Å². The van der Waals surface area contributed by atoms with Crippen LogP contribution in [0.3, 0.4) is 0 Å². The summed E-state index contributed by atoms with van der Waals surface area (Å²) in [5.74, 6) is 0. The number of thiazole rings is 1. The van der Waals surface area contributed by atoms with E-state index in [4.69, 9.17) is 0 Å². The zero-order chi connectivity index (χ0) is 13.1. The highest BCUT2D eigenvalue weighted by molar-refractivity contribution is 7.22. The van der Waals surface area contributed by atoms with Crippen molar-refractivity contribution in [3.63, 3.8) is 0 Å². The van der Waals surface area contributed by atoms with Crippen LogP contribution in [0.25, 0.3) is 10.2 Å². The number of fused-ring (bicyclic) bond motifs is 1. The van der Waals surface area contributed by atoms with Crippen molar-refractivity contribution < 1.29 is 0 Å². The minimum Gasteiger partial charge on any atom is -0.253 e.